The van der Waals surface area contributed by atoms with Crippen molar-refractivity contribution < 1.29 is 9.59 Å². The maximum absolute atomic E-state index is 12.8. The van der Waals surface area contributed by atoms with Crippen LogP contribution >= 0.6 is 0 Å². The zero-order valence-corrected chi connectivity index (χ0v) is 21.8. The van der Waals surface area contributed by atoms with Gasteiger partial charge in [0.2, 0.25) is 0 Å². The first kappa shape index (κ1) is 25.2. The summed E-state index contributed by atoms with van der Waals surface area (Å²) in [5, 5.41) is 5.76. The first-order chi connectivity index (χ1) is 16.7. The first-order valence-corrected chi connectivity index (χ1v) is 12.7. The van der Waals surface area contributed by atoms with E-state index in [1.807, 2.05) is 32.9 Å². The number of hydrogen-bond acceptors (Lipinski definition) is 5. The molecule has 2 aromatic carbocycles. The average Bonchev–Trinajstić information content (AvgIpc) is 2.82. The molecule has 2 amide bonds. The lowest BCUT2D eigenvalue weighted by molar-refractivity contribution is -0.136. The van der Waals surface area contributed by atoms with Gasteiger partial charge in [-0.3, -0.25) is 14.5 Å². The van der Waals surface area contributed by atoms with Crippen LogP contribution in [0.15, 0.2) is 30.3 Å². The van der Waals surface area contributed by atoms with Gasteiger partial charge in [0.15, 0.2) is 0 Å². The number of benzene rings is 2. The van der Waals surface area contributed by atoms with Crippen LogP contribution in [-0.4, -0.2) is 75.0 Å². The van der Waals surface area contributed by atoms with E-state index in [0.29, 0.717) is 12.2 Å². The van der Waals surface area contributed by atoms with Gasteiger partial charge in [0.05, 0.1) is 6.04 Å². The molecule has 0 aliphatic carbocycles. The number of fused-ring (bicyclic) bond motifs is 1. The third-order valence-corrected chi connectivity index (χ3v) is 7.40. The fraction of sp³-hybridized carbons (Fsp3) is 0.500. The summed E-state index contributed by atoms with van der Waals surface area (Å²) < 4.78 is 0. The summed E-state index contributed by atoms with van der Waals surface area (Å²) in [5.41, 5.74) is 7.62. The number of piperazine rings is 1. The van der Waals surface area contributed by atoms with Crippen LogP contribution in [0.2, 0.25) is 0 Å². The van der Waals surface area contributed by atoms with Crippen LogP contribution in [0.3, 0.4) is 0 Å². The lowest BCUT2D eigenvalue weighted by Crippen LogP contribution is -2.49. The van der Waals surface area contributed by atoms with Gasteiger partial charge in [-0.15, -0.1) is 0 Å². The second-order valence-corrected chi connectivity index (χ2v) is 10.2. The Morgan fingerprint density at radius 2 is 1.60 bits per heavy atom. The maximum Gasteiger partial charge on any atom is 0.313 e. The lowest BCUT2D eigenvalue weighted by Gasteiger charge is -2.39. The van der Waals surface area contributed by atoms with Crippen LogP contribution in [-0.2, 0) is 16.0 Å². The average molecular weight is 478 g/mol. The Morgan fingerprint density at radius 3 is 2.29 bits per heavy atom. The second-order valence-electron chi connectivity index (χ2n) is 10.2. The molecular weight excluding hydrogens is 438 g/mol. The number of carbonyl (C=O) groups excluding carboxylic acids is 2. The molecule has 2 aromatic rings. The van der Waals surface area contributed by atoms with Crippen molar-refractivity contribution >= 4 is 23.2 Å². The molecule has 2 heterocycles. The molecule has 0 aromatic heterocycles. The van der Waals surface area contributed by atoms with Crippen LogP contribution in [0.4, 0.5) is 11.4 Å². The fourth-order valence-corrected chi connectivity index (χ4v) is 5.42. The van der Waals surface area contributed by atoms with Crippen molar-refractivity contribution in [1.82, 2.24) is 15.1 Å². The van der Waals surface area contributed by atoms with E-state index in [0.717, 1.165) is 62.3 Å². The van der Waals surface area contributed by atoms with Crippen molar-refractivity contribution in [3.63, 3.8) is 0 Å². The minimum Gasteiger partial charge on any atom is -0.374 e. The van der Waals surface area contributed by atoms with Crippen molar-refractivity contribution in [2.24, 2.45) is 0 Å². The second kappa shape index (κ2) is 10.8. The Morgan fingerprint density at radius 1 is 0.914 bits per heavy atom. The van der Waals surface area contributed by atoms with Gasteiger partial charge in [0.1, 0.15) is 0 Å². The molecule has 7 heteroatoms. The van der Waals surface area contributed by atoms with E-state index in [9.17, 15) is 9.59 Å². The summed E-state index contributed by atoms with van der Waals surface area (Å²) >= 11 is 0. The van der Waals surface area contributed by atoms with Crippen LogP contribution in [0, 0.1) is 20.8 Å². The topological polar surface area (TPSA) is 67.9 Å². The highest BCUT2D eigenvalue weighted by Crippen LogP contribution is 2.31. The predicted octanol–water partition coefficient (Wildman–Crippen LogP) is 3.04. The number of rotatable bonds is 5. The molecule has 7 nitrogen and oxygen atoms in total. The van der Waals surface area contributed by atoms with Gasteiger partial charge in [-0.05, 0) is 69.0 Å². The van der Waals surface area contributed by atoms with E-state index < -0.39 is 11.8 Å². The van der Waals surface area contributed by atoms with Crippen molar-refractivity contribution in [2.75, 3.05) is 63.6 Å². The van der Waals surface area contributed by atoms with Crippen LogP contribution < -0.4 is 15.5 Å². The van der Waals surface area contributed by atoms with E-state index in [1.54, 1.807) is 0 Å². The number of aryl methyl sites for hydroxylation is 4. The van der Waals surface area contributed by atoms with E-state index in [1.165, 1.54) is 16.8 Å². The van der Waals surface area contributed by atoms with Crippen molar-refractivity contribution in [3.8, 4) is 0 Å². The fourth-order valence-electron chi connectivity index (χ4n) is 5.42. The molecular formula is C28H39N5O2. The van der Waals surface area contributed by atoms with Gasteiger partial charge >= 0.3 is 11.8 Å². The summed E-state index contributed by atoms with van der Waals surface area (Å²) in [6, 6.07) is 10.8. The van der Waals surface area contributed by atoms with Gasteiger partial charge in [-0.2, -0.15) is 0 Å². The highest BCUT2D eigenvalue weighted by atomic mass is 16.2. The normalized spacial score (nSPS) is 17.6. The maximum atomic E-state index is 12.8. The molecule has 2 aliphatic heterocycles. The smallest absolute Gasteiger partial charge is 0.313 e. The third kappa shape index (κ3) is 5.85. The monoisotopic (exact) mass is 477 g/mol. The number of nitrogens with zero attached hydrogens (tertiary/aromatic N) is 3. The Balaban J connectivity index is 1.49. The van der Waals surface area contributed by atoms with Gasteiger partial charge < -0.3 is 20.4 Å². The molecule has 2 aliphatic rings. The molecule has 2 N–H and O–H groups in total. The Hall–Kier alpha value is -2.90. The summed E-state index contributed by atoms with van der Waals surface area (Å²) in [6.07, 6.45) is 2.23. The highest BCUT2D eigenvalue weighted by Gasteiger charge is 2.27. The molecule has 0 radical (unpaired) electrons. The van der Waals surface area contributed by atoms with Crippen molar-refractivity contribution in [2.45, 2.75) is 39.7 Å². The molecule has 1 fully saturated rings. The summed E-state index contributed by atoms with van der Waals surface area (Å²) in [4.78, 5) is 32.6. The van der Waals surface area contributed by atoms with Gasteiger partial charge in [0.25, 0.3) is 0 Å². The van der Waals surface area contributed by atoms with E-state index in [2.05, 4.69) is 57.6 Å². The van der Waals surface area contributed by atoms with Gasteiger partial charge in [0, 0.05) is 57.7 Å². The van der Waals surface area contributed by atoms with Crippen LogP contribution in [0.25, 0.3) is 0 Å². The number of hydrogen-bond donors (Lipinski definition) is 2. The van der Waals surface area contributed by atoms with Crippen molar-refractivity contribution in [3.05, 3.63) is 58.1 Å². The molecule has 1 atom stereocenters. The Kier molecular flexibility index (Phi) is 7.77. The number of anilines is 2. The van der Waals surface area contributed by atoms with Gasteiger partial charge in [-0.25, -0.2) is 0 Å². The number of nitrogens with one attached hydrogen (secondary N) is 2. The Bertz CT molecular complexity index is 1070. The van der Waals surface area contributed by atoms with Gasteiger partial charge in [-0.1, -0.05) is 29.8 Å². The van der Waals surface area contributed by atoms with Crippen molar-refractivity contribution in [1.29, 1.82) is 0 Å². The quantitative estimate of drug-likeness (QED) is 0.648. The highest BCUT2D eigenvalue weighted by molar-refractivity contribution is 6.39. The summed E-state index contributed by atoms with van der Waals surface area (Å²) in [5.74, 6) is -1.22. The molecule has 0 saturated carbocycles. The number of carbonyl (C=O) groups is 2. The Labute approximate surface area is 209 Å². The SMILES string of the molecule is Cc1cc(C)c(NC(=O)C(=O)NCC(c2ccc3c(c2)CCCN3C)N2CCN(C)CC2)c(C)c1. The lowest BCUT2D eigenvalue weighted by atomic mass is 9.95. The van der Waals surface area contributed by atoms with Crippen LogP contribution in [0.5, 0.6) is 0 Å². The molecule has 35 heavy (non-hydrogen) atoms. The predicted molar refractivity (Wildman–Crippen MR) is 142 cm³/mol. The summed E-state index contributed by atoms with van der Waals surface area (Å²) in [7, 11) is 4.29. The van der Waals surface area contributed by atoms with E-state index in [-0.39, 0.29) is 6.04 Å². The molecule has 0 spiro atoms. The molecule has 0 bridgehead atoms. The molecule has 188 valence electrons. The largest absolute Gasteiger partial charge is 0.374 e. The molecule has 4 rings (SSSR count). The van der Waals surface area contributed by atoms with E-state index >= 15 is 0 Å². The molecule has 1 saturated heterocycles. The molecule has 1 unspecified atom stereocenters. The number of likely N-dealkylation sites (N-methyl/N-ethyl adjacent to an activating group) is 1. The standard InChI is InChI=1S/C28H39N5O2/c1-19-15-20(2)26(21(3)16-19)30-28(35)27(34)29-18-25(33-13-11-31(4)12-14-33)23-8-9-24-22(17-23)7-6-10-32(24)5/h8-9,15-17,25H,6-7,10-14,18H2,1-5H3,(H,29,34)(H,30,35). The van der Waals surface area contributed by atoms with E-state index in [4.69, 9.17) is 0 Å². The first-order valence-electron chi connectivity index (χ1n) is 12.7. The summed E-state index contributed by atoms with van der Waals surface area (Å²) in [6.45, 7) is 11.2. The zero-order valence-electron chi connectivity index (χ0n) is 21.8. The zero-order chi connectivity index (χ0) is 25.1. The third-order valence-electron chi connectivity index (χ3n) is 7.40. The number of amides is 2. The van der Waals surface area contributed by atoms with Crippen LogP contribution in [0.1, 0.15) is 40.3 Å². The minimum atomic E-state index is -0.621. The minimum absolute atomic E-state index is 0.0285.